The van der Waals surface area contributed by atoms with E-state index in [1.165, 1.54) is 5.56 Å². The second-order valence-electron chi connectivity index (χ2n) is 5.46. The van der Waals surface area contributed by atoms with Crippen LogP contribution in [0.4, 0.5) is 17.1 Å². The Morgan fingerprint density at radius 1 is 1.18 bits per heavy atom. The Bertz CT molecular complexity index is 652. The first-order valence-electron chi connectivity index (χ1n) is 7.73. The number of nitrogens with one attached hydrogen (secondary N) is 2. The van der Waals surface area contributed by atoms with Crippen molar-refractivity contribution in [1.82, 2.24) is 0 Å². The molecular formula is C18H21N3O. The number of carbonyl (C=O) groups is 1. The Hall–Kier alpha value is -2.49. The molecule has 0 aliphatic carbocycles. The monoisotopic (exact) mass is 295 g/mol. The molecule has 114 valence electrons. The summed E-state index contributed by atoms with van der Waals surface area (Å²) in [6.45, 7) is 4.18. The molecule has 0 radical (unpaired) electrons. The van der Waals surface area contributed by atoms with E-state index in [1.807, 2.05) is 36.4 Å². The Kier molecular flexibility index (Phi) is 4.28. The van der Waals surface area contributed by atoms with Crippen LogP contribution in [0.3, 0.4) is 0 Å². The first-order chi connectivity index (χ1) is 10.8. The highest BCUT2D eigenvalue weighted by atomic mass is 16.2. The van der Waals surface area contributed by atoms with Crippen molar-refractivity contribution in [2.24, 2.45) is 0 Å². The molecule has 2 aromatic carbocycles. The lowest BCUT2D eigenvalue weighted by molar-refractivity contribution is -0.115. The van der Waals surface area contributed by atoms with E-state index in [-0.39, 0.29) is 5.91 Å². The number of aryl methyl sites for hydroxylation is 1. The molecule has 3 rings (SSSR count). The molecule has 0 unspecified atom stereocenters. The number of amides is 1. The van der Waals surface area contributed by atoms with Crippen molar-refractivity contribution < 1.29 is 4.79 Å². The number of anilines is 3. The van der Waals surface area contributed by atoms with Crippen LogP contribution in [0.1, 0.15) is 12.5 Å². The van der Waals surface area contributed by atoms with Gasteiger partial charge in [-0.15, -0.1) is 0 Å². The highest BCUT2D eigenvalue weighted by Crippen LogP contribution is 2.28. The van der Waals surface area contributed by atoms with Crippen molar-refractivity contribution in [3.05, 3.63) is 54.1 Å². The number of rotatable bonds is 4. The van der Waals surface area contributed by atoms with E-state index in [4.69, 9.17) is 0 Å². The molecule has 0 spiro atoms. The number of fused-ring (bicyclic) bond motifs is 1. The average Bonchev–Trinajstić information content (AvgIpc) is 2.56. The normalized spacial score (nSPS) is 13.2. The summed E-state index contributed by atoms with van der Waals surface area (Å²) in [4.78, 5) is 14.4. The number of hydrogen-bond donors (Lipinski definition) is 2. The van der Waals surface area contributed by atoms with Gasteiger partial charge in [0.05, 0.1) is 17.9 Å². The van der Waals surface area contributed by atoms with Crippen LogP contribution in [-0.2, 0) is 11.2 Å². The Morgan fingerprint density at radius 2 is 1.95 bits per heavy atom. The number of benzene rings is 2. The fourth-order valence-electron chi connectivity index (χ4n) is 2.71. The first-order valence-corrected chi connectivity index (χ1v) is 7.73. The molecule has 22 heavy (non-hydrogen) atoms. The van der Waals surface area contributed by atoms with Gasteiger partial charge in [-0.25, -0.2) is 0 Å². The van der Waals surface area contributed by atoms with Crippen LogP contribution in [0.2, 0.25) is 0 Å². The predicted molar refractivity (Wildman–Crippen MR) is 91.6 cm³/mol. The van der Waals surface area contributed by atoms with Gasteiger partial charge in [-0.05, 0) is 36.2 Å². The maximum Gasteiger partial charge on any atom is 0.243 e. The minimum Gasteiger partial charge on any atom is -0.382 e. The lowest BCUT2D eigenvalue weighted by atomic mass is 10.1. The van der Waals surface area contributed by atoms with Gasteiger partial charge in [-0.2, -0.15) is 0 Å². The van der Waals surface area contributed by atoms with Gasteiger partial charge in [0.2, 0.25) is 5.91 Å². The number of hydrogen-bond acceptors (Lipinski definition) is 3. The van der Waals surface area contributed by atoms with Crippen LogP contribution in [0.15, 0.2) is 48.5 Å². The summed E-state index contributed by atoms with van der Waals surface area (Å²) in [5.41, 5.74) is 4.30. The molecule has 1 heterocycles. The first kappa shape index (κ1) is 14.4. The number of nitrogens with zero attached hydrogens (tertiary/aromatic N) is 1. The molecule has 1 amide bonds. The summed E-state index contributed by atoms with van der Waals surface area (Å²) >= 11 is 0. The lowest BCUT2D eigenvalue weighted by Crippen LogP contribution is -2.39. The van der Waals surface area contributed by atoms with Crippen molar-refractivity contribution >= 4 is 23.0 Å². The van der Waals surface area contributed by atoms with Crippen LogP contribution in [-0.4, -0.2) is 25.5 Å². The molecule has 2 aromatic rings. The number of carbonyl (C=O) groups excluding carboxylic acids is 1. The van der Waals surface area contributed by atoms with Crippen molar-refractivity contribution in [3.63, 3.8) is 0 Å². The molecule has 0 saturated heterocycles. The van der Waals surface area contributed by atoms with Crippen molar-refractivity contribution in [2.45, 2.75) is 13.3 Å². The van der Waals surface area contributed by atoms with Gasteiger partial charge in [0, 0.05) is 18.8 Å². The Balaban J connectivity index is 1.65. The highest BCUT2D eigenvalue weighted by Gasteiger charge is 2.18. The third kappa shape index (κ3) is 3.22. The van der Waals surface area contributed by atoms with Gasteiger partial charge >= 0.3 is 0 Å². The summed E-state index contributed by atoms with van der Waals surface area (Å²) in [5.74, 6) is 0.0148. The van der Waals surface area contributed by atoms with Crippen LogP contribution in [0.25, 0.3) is 0 Å². The van der Waals surface area contributed by atoms with E-state index in [1.54, 1.807) is 0 Å². The van der Waals surface area contributed by atoms with E-state index < -0.39 is 0 Å². The SMILES string of the molecule is CCc1ccc(NC(=O)CN2CCNc3ccccc32)cc1. The fraction of sp³-hybridized carbons (Fsp3) is 0.278. The zero-order valence-electron chi connectivity index (χ0n) is 12.8. The average molecular weight is 295 g/mol. The molecule has 0 bridgehead atoms. The van der Waals surface area contributed by atoms with E-state index >= 15 is 0 Å². The smallest absolute Gasteiger partial charge is 0.243 e. The summed E-state index contributed by atoms with van der Waals surface area (Å²) in [6, 6.07) is 16.1. The van der Waals surface area contributed by atoms with Crippen LogP contribution in [0, 0.1) is 0 Å². The zero-order chi connectivity index (χ0) is 15.4. The summed E-state index contributed by atoms with van der Waals surface area (Å²) < 4.78 is 0. The Labute approximate surface area is 131 Å². The van der Waals surface area contributed by atoms with Gasteiger partial charge in [-0.3, -0.25) is 4.79 Å². The van der Waals surface area contributed by atoms with Gasteiger partial charge in [0.1, 0.15) is 0 Å². The highest BCUT2D eigenvalue weighted by molar-refractivity contribution is 5.94. The van der Waals surface area contributed by atoms with Crippen molar-refractivity contribution in [2.75, 3.05) is 35.2 Å². The van der Waals surface area contributed by atoms with Gasteiger partial charge in [-0.1, -0.05) is 31.2 Å². The molecule has 2 N–H and O–H groups in total. The number of para-hydroxylation sites is 2. The fourth-order valence-corrected chi connectivity index (χ4v) is 2.71. The summed E-state index contributed by atoms with van der Waals surface area (Å²) in [7, 11) is 0. The topological polar surface area (TPSA) is 44.4 Å². The van der Waals surface area contributed by atoms with E-state index in [9.17, 15) is 4.79 Å². The molecular weight excluding hydrogens is 274 g/mol. The van der Waals surface area contributed by atoms with Gasteiger partial charge in [0.15, 0.2) is 0 Å². The largest absolute Gasteiger partial charge is 0.382 e. The lowest BCUT2D eigenvalue weighted by Gasteiger charge is -2.31. The summed E-state index contributed by atoms with van der Waals surface area (Å²) in [6.07, 6.45) is 1.01. The molecule has 0 fully saturated rings. The zero-order valence-corrected chi connectivity index (χ0v) is 12.8. The second kappa shape index (κ2) is 6.52. The van der Waals surface area contributed by atoms with E-state index in [0.717, 1.165) is 36.6 Å². The standard InChI is InChI=1S/C18H21N3O/c1-2-14-7-9-15(10-8-14)20-18(22)13-21-12-11-19-16-5-3-4-6-17(16)21/h3-10,19H,2,11-13H2,1H3,(H,20,22). The maximum atomic E-state index is 12.3. The molecule has 0 atom stereocenters. The van der Waals surface area contributed by atoms with E-state index in [0.29, 0.717) is 6.54 Å². The van der Waals surface area contributed by atoms with E-state index in [2.05, 4.69) is 34.6 Å². The molecule has 1 aliphatic rings. The second-order valence-corrected chi connectivity index (χ2v) is 5.46. The molecule has 0 saturated carbocycles. The van der Waals surface area contributed by atoms with Gasteiger partial charge in [0.25, 0.3) is 0 Å². The molecule has 4 nitrogen and oxygen atoms in total. The van der Waals surface area contributed by atoms with Crippen molar-refractivity contribution in [3.8, 4) is 0 Å². The molecule has 1 aliphatic heterocycles. The third-order valence-corrected chi connectivity index (χ3v) is 3.92. The minimum absolute atomic E-state index is 0.0148. The van der Waals surface area contributed by atoms with Crippen molar-refractivity contribution in [1.29, 1.82) is 0 Å². The molecule has 0 aromatic heterocycles. The van der Waals surface area contributed by atoms with Crippen LogP contribution >= 0.6 is 0 Å². The van der Waals surface area contributed by atoms with Crippen LogP contribution in [0.5, 0.6) is 0 Å². The minimum atomic E-state index is 0.0148. The summed E-state index contributed by atoms with van der Waals surface area (Å²) in [5, 5.41) is 6.33. The molecule has 4 heteroatoms. The third-order valence-electron chi connectivity index (χ3n) is 3.92. The van der Waals surface area contributed by atoms with Crippen LogP contribution < -0.4 is 15.5 Å². The maximum absolute atomic E-state index is 12.3. The predicted octanol–water partition coefficient (Wildman–Crippen LogP) is 3.12. The quantitative estimate of drug-likeness (QED) is 0.911. The van der Waals surface area contributed by atoms with Gasteiger partial charge < -0.3 is 15.5 Å². The Morgan fingerprint density at radius 3 is 2.73 bits per heavy atom.